The third-order valence-corrected chi connectivity index (χ3v) is 5.13. The number of phenolic OH excluding ortho intramolecular Hbond substituents is 1. The molecule has 3 aromatic rings. The van der Waals surface area contributed by atoms with Crippen LogP contribution in [-0.4, -0.2) is 46.1 Å². The van der Waals surface area contributed by atoms with Crippen molar-refractivity contribution in [2.45, 2.75) is 25.8 Å². The molecule has 0 unspecified atom stereocenters. The second-order valence-corrected chi connectivity index (χ2v) is 7.20. The molecule has 7 nitrogen and oxygen atoms in total. The number of fused-ring (bicyclic) bond motifs is 1. The van der Waals surface area contributed by atoms with Crippen LogP contribution in [0.25, 0.3) is 11.0 Å². The molecule has 1 fully saturated rings. The minimum absolute atomic E-state index is 0.122. The van der Waals surface area contributed by atoms with Gasteiger partial charge in [-0.25, -0.2) is 9.97 Å². The molecule has 0 bridgehead atoms. The van der Waals surface area contributed by atoms with Crippen molar-refractivity contribution in [3.63, 3.8) is 0 Å². The van der Waals surface area contributed by atoms with E-state index in [-0.39, 0.29) is 17.3 Å². The number of nitrogens with zero attached hydrogens (tertiary/aromatic N) is 3. The monoisotopic (exact) mass is 392 g/mol. The first kappa shape index (κ1) is 19.1. The molecule has 2 aromatic carbocycles. The van der Waals surface area contributed by atoms with Crippen molar-refractivity contribution in [2.24, 2.45) is 0 Å². The number of aromatic hydroxyl groups is 1. The third kappa shape index (κ3) is 4.30. The van der Waals surface area contributed by atoms with E-state index in [1.54, 1.807) is 18.2 Å². The SMILES string of the molecule is COc1nc2ccccc2nc1C(=O)Nc1ccc(O)c(CN2CCCCC2)c1. The first-order chi connectivity index (χ1) is 14.1. The highest BCUT2D eigenvalue weighted by Crippen LogP contribution is 2.26. The van der Waals surface area contributed by atoms with E-state index >= 15 is 0 Å². The fourth-order valence-corrected chi connectivity index (χ4v) is 3.61. The molecule has 1 aliphatic rings. The van der Waals surface area contributed by atoms with Gasteiger partial charge in [-0.3, -0.25) is 9.69 Å². The maximum atomic E-state index is 12.9. The number of hydrogen-bond donors (Lipinski definition) is 2. The summed E-state index contributed by atoms with van der Waals surface area (Å²) >= 11 is 0. The van der Waals surface area contributed by atoms with Crippen LogP contribution in [0, 0.1) is 0 Å². The van der Waals surface area contributed by atoms with Gasteiger partial charge in [-0.15, -0.1) is 0 Å². The number of anilines is 1. The summed E-state index contributed by atoms with van der Waals surface area (Å²) in [5, 5.41) is 13.1. The van der Waals surface area contributed by atoms with Crippen molar-refractivity contribution in [3.8, 4) is 11.6 Å². The molecule has 29 heavy (non-hydrogen) atoms. The Morgan fingerprint density at radius 3 is 2.55 bits per heavy atom. The average molecular weight is 392 g/mol. The average Bonchev–Trinajstić information content (AvgIpc) is 2.75. The van der Waals surface area contributed by atoms with E-state index < -0.39 is 5.91 Å². The predicted octanol–water partition coefficient (Wildman–Crippen LogP) is 3.58. The molecule has 0 atom stereocenters. The number of nitrogens with one attached hydrogen (secondary N) is 1. The van der Waals surface area contributed by atoms with Crippen molar-refractivity contribution in [1.82, 2.24) is 14.9 Å². The molecule has 2 heterocycles. The minimum Gasteiger partial charge on any atom is -0.508 e. The molecule has 0 saturated carbocycles. The van der Waals surface area contributed by atoms with Crippen LogP contribution in [0.3, 0.4) is 0 Å². The minimum atomic E-state index is -0.408. The van der Waals surface area contributed by atoms with Gasteiger partial charge in [-0.1, -0.05) is 18.6 Å². The highest BCUT2D eigenvalue weighted by atomic mass is 16.5. The highest BCUT2D eigenvalue weighted by molar-refractivity contribution is 6.05. The molecule has 7 heteroatoms. The molecular formula is C22H24N4O3. The number of ether oxygens (including phenoxy) is 1. The van der Waals surface area contributed by atoms with Crippen LogP contribution in [0.4, 0.5) is 5.69 Å². The van der Waals surface area contributed by atoms with Crippen molar-refractivity contribution in [3.05, 3.63) is 53.7 Å². The fraction of sp³-hybridized carbons (Fsp3) is 0.318. The largest absolute Gasteiger partial charge is 0.508 e. The highest BCUT2D eigenvalue weighted by Gasteiger charge is 2.19. The lowest BCUT2D eigenvalue weighted by Crippen LogP contribution is -2.29. The number of likely N-dealkylation sites (tertiary alicyclic amines) is 1. The summed E-state index contributed by atoms with van der Waals surface area (Å²) in [6.45, 7) is 2.72. The molecule has 4 rings (SSSR count). The van der Waals surface area contributed by atoms with Crippen LogP contribution in [0.1, 0.15) is 35.3 Å². The Labute approximate surface area is 169 Å². The summed E-state index contributed by atoms with van der Waals surface area (Å²) in [4.78, 5) is 24.0. The van der Waals surface area contributed by atoms with E-state index in [1.807, 2.05) is 24.3 Å². The molecule has 1 amide bonds. The molecule has 1 aliphatic heterocycles. The maximum absolute atomic E-state index is 12.9. The third-order valence-electron chi connectivity index (χ3n) is 5.13. The van der Waals surface area contributed by atoms with Crippen LogP contribution >= 0.6 is 0 Å². The van der Waals surface area contributed by atoms with Crippen LogP contribution in [0.5, 0.6) is 11.6 Å². The smallest absolute Gasteiger partial charge is 0.279 e. The summed E-state index contributed by atoms with van der Waals surface area (Å²) in [6, 6.07) is 12.4. The van der Waals surface area contributed by atoms with Crippen molar-refractivity contribution in [1.29, 1.82) is 0 Å². The van der Waals surface area contributed by atoms with E-state index in [1.165, 1.54) is 26.4 Å². The number of methoxy groups -OCH3 is 1. The Morgan fingerprint density at radius 1 is 1.10 bits per heavy atom. The number of hydrogen-bond acceptors (Lipinski definition) is 6. The summed E-state index contributed by atoms with van der Waals surface area (Å²) < 4.78 is 5.27. The van der Waals surface area contributed by atoms with Gasteiger partial charge in [0.2, 0.25) is 5.88 Å². The molecule has 2 N–H and O–H groups in total. The second kappa shape index (κ2) is 8.45. The zero-order valence-electron chi connectivity index (χ0n) is 16.4. The summed E-state index contributed by atoms with van der Waals surface area (Å²) in [6.07, 6.45) is 3.61. The lowest BCUT2D eigenvalue weighted by atomic mass is 10.1. The lowest BCUT2D eigenvalue weighted by molar-refractivity contribution is 0.101. The lowest BCUT2D eigenvalue weighted by Gasteiger charge is -2.26. The topological polar surface area (TPSA) is 87.6 Å². The molecule has 150 valence electrons. The Kier molecular flexibility index (Phi) is 5.57. The number of benzene rings is 2. The number of para-hydroxylation sites is 2. The van der Waals surface area contributed by atoms with Gasteiger partial charge in [0, 0.05) is 17.8 Å². The zero-order chi connectivity index (χ0) is 20.2. The van der Waals surface area contributed by atoms with Gasteiger partial charge in [0.15, 0.2) is 5.69 Å². The Bertz CT molecular complexity index is 1030. The van der Waals surface area contributed by atoms with Gasteiger partial charge in [0.1, 0.15) is 5.75 Å². The number of phenols is 1. The molecular weight excluding hydrogens is 368 g/mol. The van der Waals surface area contributed by atoms with E-state index in [0.717, 1.165) is 18.7 Å². The number of carbonyl (C=O) groups is 1. The van der Waals surface area contributed by atoms with Crippen LogP contribution in [0.2, 0.25) is 0 Å². The Balaban J connectivity index is 1.56. The Morgan fingerprint density at radius 2 is 1.83 bits per heavy atom. The fourth-order valence-electron chi connectivity index (χ4n) is 3.61. The maximum Gasteiger partial charge on any atom is 0.279 e. The van der Waals surface area contributed by atoms with E-state index in [0.29, 0.717) is 23.3 Å². The standard InChI is InChI=1S/C22H24N4O3/c1-29-22-20(24-17-7-3-4-8-18(17)25-22)21(28)23-16-9-10-19(27)15(13-16)14-26-11-5-2-6-12-26/h3-4,7-10,13,27H,2,5-6,11-12,14H2,1H3,(H,23,28). The number of rotatable bonds is 5. The quantitative estimate of drug-likeness (QED) is 0.646. The summed E-state index contributed by atoms with van der Waals surface area (Å²) in [5.41, 5.74) is 2.79. The van der Waals surface area contributed by atoms with E-state index in [4.69, 9.17) is 4.74 Å². The first-order valence-electron chi connectivity index (χ1n) is 9.80. The predicted molar refractivity (Wildman–Crippen MR) is 111 cm³/mol. The van der Waals surface area contributed by atoms with Crippen LogP contribution in [0.15, 0.2) is 42.5 Å². The molecule has 0 spiro atoms. The summed E-state index contributed by atoms with van der Waals surface area (Å²) in [7, 11) is 1.47. The number of piperidine rings is 1. The number of aromatic nitrogens is 2. The normalized spacial score (nSPS) is 14.7. The molecule has 1 aromatic heterocycles. The summed E-state index contributed by atoms with van der Waals surface area (Å²) in [5.74, 6) is -0.000108. The van der Waals surface area contributed by atoms with Gasteiger partial charge in [-0.05, 0) is 56.3 Å². The van der Waals surface area contributed by atoms with Crippen LogP contribution < -0.4 is 10.1 Å². The molecule has 1 saturated heterocycles. The number of carbonyl (C=O) groups excluding carboxylic acids is 1. The van der Waals surface area contributed by atoms with Crippen LogP contribution in [-0.2, 0) is 6.54 Å². The first-order valence-corrected chi connectivity index (χ1v) is 9.80. The Hall–Kier alpha value is -3.19. The van der Waals surface area contributed by atoms with Crippen molar-refractivity contribution in [2.75, 3.05) is 25.5 Å². The van der Waals surface area contributed by atoms with Gasteiger partial charge < -0.3 is 15.2 Å². The zero-order valence-corrected chi connectivity index (χ0v) is 16.4. The second-order valence-electron chi connectivity index (χ2n) is 7.20. The van der Waals surface area contributed by atoms with Crippen molar-refractivity contribution >= 4 is 22.6 Å². The van der Waals surface area contributed by atoms with E-state index in [2.05, 4.69) is 20.2 Å². The molecule has 0 radical (unpaired) electrons. The number of amides is 1. The van der Waals surface area contributed by atoms with E-state index in [9.17, 15) is 9.90 Å². The van der Waals surface area contributed by atoms with Gasteiger partial charge in [-0.2, -0.15) is 0 Å². The molecule has 0 aliphatic carbocycles. The van der Waals surface area contributed by atoms with Gasteiger partial charge >= 0.3 is 0 Å². The van der Waals surface area contributed by atoms with Gasteiger partial charge in [0.05, 0.1) is 18.1 Å². The van der Waals surface area contributed by atoms with Gasteiger partial charge in [0.25, 0.3) is 5.91 Å². The van der Waals surface area contributed by atoms with Crippen molar-refractivity contribution < 1.29 is 14.6 Å².